The number of nitrogens with zero attached hydrogens (tertiary/aromatic N) is 2. The van der Waals surface area contributed by atoms with Gasteiger partial charge in [-0.05, 0) is 42.8 Å². The molecule has 0 atom stereocenters. The highest BCUT2D eigenvalue weighted by atomic mass is 35.5. The molecule has 2 N–H and O–H groups in total. The van der Waals surface area contributed by atoms with Gasteiger partial charge in [-0.3, -0.25) is 9.89 Å². The predicted octanol–water partition coefficient (Wildman–Crippen LogP) is 4.35. The number of rotatable bonds is 7. The second-order valence-electron chi connectivity index (χ2n) is 5.70. The van der Waals surface area contributed by atoms with E-state index in [4.69, 9.17) is 16.3 Å². The standard InChI is InChI=1S/C18H15ClF2N4O2S/c1-10-7-11(5-6-12(10)19)27-8-15-22-18(25-24-15)28-9-16(26)23-17-13(20)3-2-4-14(17)21/h2-7H,8-9H2,1H3,(H,23,26)(H,22,24,25). The number of hydrogen-bond donors (Lipinski definition) is 2. The molecule has 28 heavy (non-hydrogen) atoms. The molecule has 0 aliphatic carbocycles. The Morgan fingerprint density at radius 1 is 1.29 bits per heavy atom. The number of aryl methyl sites for hydroxylation is 1. The lowest BCUT2D eigenvalue weighted by Gasteiger charge is -2.06. The number of para-hydroxylation sites is 1. The lowest BCUT2D eigenvalue weighted by Crippen LogP contribution is -2.16. The third-order valence-corrected chi connectivity index (χ3v) is 4.85. The van der Waals surface area contributed by atoms with Gasteiger partial charge in [-0.25, -0.2) is 13.8 Å². The summed E-state index contributed by atoms with van der Waals surface area (Å²) in [5, 5.41) is 9.85. The molecule has 0 spiro atoms. The molecule has 0 aliphatic rings. The summed E-state index contributed by atoms with van der Waals surface area (Å²) in [5.74, 6) is -1.26. The average molecular weight is 425 g/mol. The summed E-state index contributed by atoms with van der Waals surface area (Å²) in [6, 6.07) is 8.64. The highest BCUT2D eigenvalue weighted by Crippen LogP contribution is 2.22. The second-order valence-corrected chi connectivity index (χ2v) is 7.05. The number of H-pyrrole nitrogens is 1. The minimum atomic E-state index is -0.840. The summed E-state index contributed by atoms with van der Waals surface area (Å²) >= 11 is 6.99. The Labute approximate surface area is 168 Å². The highest BCUT2D eigenvalue weighted by Gasteiger charge is 2.13. The number of amides is 1. The number of carbonyl (C=O) groups excluding carboxylic acids is 1. The van der Waals surface area contributed by atoms with E-state index in [1.54, 1.807) is 18.2 Å². The molecule has 0 fully saturated rings. The monoisotopic (exact) mass is 424 g/mol. The van der Waals surface area contributed by atoms with E-state index >= 15 is 0 Å². The van der Waals surface area contributed by atoms with Crippen LogP contribution in [0.25, 0.3) is 0 Å². The number of carbonyl (C=O) groups is 1. The Morgan fingerprint density at radius 2 is 2.04 bits per heavy atom. The normalized spacial score (nSPS) is 10.7. The van der Waals surface area contributed by atoms with Gasteiger partial charge in [-0.1, -0.05) is 29.4 Å². The van der Waals surface area contributed by atoms with Crippen LogP contribution in [-0.4, -0.2) is 26.8 Å². The van der Waals surface area contributed by atoms with Crippen LogP contribution in [-0.2, 0) is 11.4 Å². The Kier molecular flexibility index (Phi) is 6.48. The first-order chi connectivity index (χ1) is 13.4. The Bertz CT molecular complexity index is 979. The van der Waals surface area contributed by atoms with Gasteiger partial charge in [0, 0.05) is 5.02 Å². The molecule has 0 saturated heterocycles. The summed E-state index contributed by atoms with van der Waals surface area (Å²) in [6.45, 7) is 2.03. The number of halogens is 3. The second kappa shape index (κ2) is 9.03. The first-order valence-electron chi connectivity index (χ1n) is 8.09. The number of anilines is 1. The number of hydrogen-bond acceptors (Lipinski definition) is 5. The van der Waals surface area contributed by atoms with Crippen LogP contribution in [0.3, 0.4) is 0 Å². The van der Waals surface area contributed by atoms with Gasteiger partial charge in [0.2, 0.25) is 11.1 Å². The van der Waals surface area contributed by atoms with Crippen molar-refractivity contribution in [1.82, 2.24) is 15.2 Å². The maximum atomic E-state index is 13.5. The van der Waals surface area contributed by atoms with Gasteiger partial charge < -0.3 is 10.1 Å². The molecule has 2 aromatic carbocycles. The summed E-state index contributed by atoms with van der Waals surface area (Å²) in [4.78, 5) is 16.1. The van der Waals surface area contributed by atoms with E-state index in [2.05, 4.69) is 20.5 Å². The number of aromatic nitrogens is 3. The van der Waals surface area contributed by atoms with Gasteiger partial charge in [-0.15, -0.1) is 5.10 Å². The number of nitrogens with one attached hydrogen (secondary N) is 2. The van der Waals surface area contributed by atoms with Crippen molar-refractivity contribution in [3.63, 3.8) is 0 Å². The van der Waals surface area contributed by atoms with Crippen molar-refractivity contribution in [3.05, 3.63) is 64.4 Å². The average Bonchev–Trinajstić information content (AvgIpc) is 3.12. The third kappa shape index (κ3) is 5.20. The Balaban J connectivity index is 1.50. The fraction of sp³-hybridized carbons (Fsp3) is 0.167. The molecular weight excluding hydrogens is 410 g/mol. The molecule has 3 aromatic rings. The molecule has 1 amide bonds. The molecule has 146 valence electrons. The summed E-state index contributed by atoms with van der Waals surface area (Å²) in [5.41, 5.74) is 0.417. The van der Waals surface area contributed by atoms with E-state index < -0.39 is 23.2 Å². The molecule has 10 heteroatoms. The van der Waals surface area contributed by atoms with E-state index in [9.17, 15) is 13.6 Å². The van der Waals surface area contributed by atoms with Gasteiger partial charge >= 0.3 is 0 Å². The van der Waals surface area contributed by atoms with Crippen LogP contribution in [0.4, 0.5) is 14.5 Å². The number of benzene rings is 2. The zero-order chi connectivity index (χ0) is 20.1. The molecular formula is C18H15ClF2N4O2S. The molecule has 1 aromatic heterocycles. The van der Waals surface area contributed by atoms with Crippen LogP contribution < -0.4 is 10.1 Å². The van der Waals surface area contributed by atoms with Crippen LogP contribution in [0.2, 0.25) is 5.02 Å². The van der Waals surface area contributed by atoms with E-state index in [1.807, 2.05) is 6.92 Å². The van der Waals surface area contributed by atoms with Crippen LogP contribution in [0.5, 0.6) is 5.75 Å². The minimum absolute atomic E-state index is 0.109. The molecule has 1 heterocycles. The van der Waals surface area contributed by atoms with Gasteiger partial charge in [0.25, 0.3) is 0 Å². The van der Waals surface area contributed by atoms with Crippen molar-refractivity contribution in [2.24, 2.45) is 0 Å². The van der Waals surface area contributed by atoms with E-state index in [0.29, 0.717) is 21.8 Å². The van der Waals surface area contributed by atoms with Crippen molar-refractivity contribution < 1.29 is 18.3 Å². The molecule has 0 unspecified atom stereocenters. The van der Waals surface area contributed by atoms with E-state index in [1.165, 1.54) is 6.07 Å². The van der Waals surface area contributed by atoms with Crippen molar-refractivity contribution in [1.29, 1.82) is 0 Å². The molecule has 0 aliphatic heterocycles. The first kappa shape index (κ1) is 20.1. The first-order valence-corrected chi connectivity index (χ1v) is 9.45. The van der Waals surface area contributed by atoms with Crippen molar-refractivity contribution in [2.45, 2.75) is 18.7 Å². The van der Waals surface area contributed by atoms with Gasteiger partial charge in [0.15, 0.2) is 5.82 Å². The minimum Gasteiger partial charge on any atom is -0.486 e. The molecule has 3 rings (SSSR count). The van der Waals surface area contributed by atoms with Crippen LogP contribution in [0, 0.1) is 18.6 Å². The lowest BCUT2D eigenvalue weighted by molar-refractivity contribution is -0.113. The SMILES string of the molecule is Cc1cc(OCc2nc(SCC(=O)Nc3c(F)cccc3F)n[nH]2)ccc1Cl. The van der Waals surface area contributed by atoms with Crippen LogP contribution in [0.1, 0.15) is 11.4 Å². The van der Waals surface area contributed by atoms with Crippen molar-refractivity contribution in [3.8, 4) is 5.75 Å². The topological polar surface area (TPSA) is 79.9 Å². The maximum absolute atomic E-state index is 13.5. The third-order valence-electron chi connectivity index (χ3n) is 3.58. The van der Waals surface area contributed by atoms with Crippen molar-refractivity contribution in [2.75, 3.05) is 11.1 Å². The van der Waals surface area contributed by atoms with Gasteiger partial charge in [0.1, 0.15) is 29.7 Å². The van der Waals surface area contributed by atoms with E-state index in [0.717, 1.165) is 29.5 Å². The zero-order valence-corrected chi connectivity index (χ0v) is 16.2. The summed E-state index contributed by atoms with van der Waals surface area (Å²) in [7, 11) is 0. The quantitative estimate of drug-likeness (QED) is 0.551. The molecule has 0 saturated carbocycles. The highest BCUT2D eigenvalue weighted by molar-refractivity contribution is 7.99. The predicted molar refractivity (Wildman–Crippen MR) is 103 cm³/mol. The van der Waals surface area contributed by atoms with Crippen LogP contribution >= 0.6 is 23.4 Å². The van der Waals surface area contributed by atoms with Gasteiger partial charge in [-0.2, -0.15) is 0 Å². The number of thioether (sulfide) groups is 1. The zero-order valence-electron chi connectivity index (χ0n) is 14.6. The van der Waals surface area contributed by atoms with Crippen molar-refractivity contribution >= 4 is 35.0 Å². The number of ether oxygens (including phenoxy) is 1. The Hall–Kier alpha value is -2.65. The number of aromatic amines is 1. The molecule has 0 bridgehead atoms. The fourth-order valence-electron chi connectivity index (χ4n) is 2.19. The Morgan fingerprint density at radius 3 is 2.75 bits per heavy atom. The lowest BCUT2D eigenvalue weighted by atomic mass is 10.2. The summed E-state index contributed by atoms with van der Waals surface area (Å²) in [6.07, 6.45) is 0. The van der Waals surface area contributed by atoms with Crippen LogP contribution in [0.15, 0.2) is 41.6 Å². The largest absolute Gasteiger partial charge is 0.486 e. The summed E-state index contributed by atoms with van der Waals surface area (Å²) < 4.78 is 32.7. The smallest absolute Gasteiger partial charge is 0.235 e. The maximum Gasteiger partial charge on any atom is 0.235 e. The van der Waals surface area contributed by atoms with E-state index in [-0.39, 0.29) is 12.4 Å². The van der Waals surface area contributed by atoms with Gasteiger partial charge in [0.05, 0.1) is 5.75 Å². The molecule has 0 radical (unpaired) electrons. The fourth-order valence-corrected chi connectivity index (χ4v) is 2.92. The molecule has 6 nitrogen and oxygen atoms in total.